The van der Waals surface area contributed by atoms with Crippen molar-refractivity contribution in [2.75, 3.05) is 33.7 Å². The second-order valence-corrected chi connectivity index (χ2v) is 6.35. The summed E-state index contributed by atoms with van der Waals surface area (Å²) in [6, 6.07) is 0.700. The van der Waals surface area contributed by atoms with Gasteiger partial charge < -0.3 is 10.6 Å². The van der Waals surface area contributed by atoms with Gasteiger partial charge in [-0.15, -0.1) is 0 Å². The fourth-order valence-electron chi connectivity index (χ4n) is 3.82. The maximum Gasteiger partial charge on any atom is 0.0357 e. The number of rotatable bonds is 5. The minimum absolute atomic E-state index is 0.305. The van der Waals surface area contributed by atoms with E-state index >= 15 is 0 Å². The monoisotopic (exact) mass is 239 g/mol. The van der Waals surface area contributed by atoms with Crippen molar-refractivity contribution in [3.8, 4) is 0 Å². The van der Waals surface area contributed by atoms with Crippen molar-refractivity contribution in [2.45, 2.75) is 44.7 Å². The Balaban J connectivity index is 2.11. The molecule has 0 radical (unpaired) electrons. The van der Waals surface area contributed by atoms with E-state index in [2.05, 4.69) is 37.7 Å². The van der Waals surface area contributed by atoms with Gasteiger partial charge in [-0.25, -0.2) is 0 Å². The molecule has 2 aliphatic rings. The summed E-state index contributed by atoms with van der Waals surface area (Å²) in [5.41, 5.74) is 6.46. The lowest BCUT2D eigenvalue weighted by molar-refractivity contribution is 0.0858. The molecule has 17 heavy (non-hydrogen) atoms. The molecule has 3 heteroatoms. The van der Waals surface area contributed by atoms with E-state index in [1.807, 2.05) is 0 Å². The molecular formula is C14H29N3. The van der Waals surface area contributed by atoms with E-state index < -0.39 is 0 Å². The Kier molecular flexibility index (Phi) is 3.81. The highest BCUT2D eigenvalue weighted by atomic mass is 15.3. The first-order valence-electron chi connectivity index (χ1n) is 7.16. The lowest BCUT2D eigenvalue weighted by Gasteiger charge is -2.41. The van der Waals surface area contributed by atoms with Crippen molar-refractivity contribution >= 4 is 0 Å². The number of hydrogen-bond acceptors (Lipinski definition) is 3. The smallest absolute Gasteiger partial charge is 0.0357 e. The third kappa shape index (κ3) is 2.25. The van der Waals surface area contributed by atoms with Crippen LogP contribution in [0.25, 0.3) is 0 Å². The predicted molar refractivity (Wildman–Crippen MR) is 73.0 cm³/mol. The van der Waals surface area contributed by atoms with Crippen LogP contribution in [-0.4, -0.2) is 55.1 Å². The molecule has 1 aliphatic carbocycles. The summed E-state index contributed by atoms with van der Waals surface area (Å²) in [7, 11) is 4.41. The Morgan fingerprint density at radius 2 is 1.94 bits per heavy atom. The Morgan fingerprint density at radius 3 is 2.29 bits per heavy atom. The van der Waals surface area contributed by atoms with Gasteiger partial charge in [-0.3, -0.25) is 4.90 Å². The first-order valence-corrected chi connectivity index (χ1v) is 7.16. The summed E-state index contributed by atoms with van der Waals surface area (Å²) in [6.45, 7) is 7.97. The van der Waals surface area contributed by atoms with E-state index in [-0.39, 0.29) is 0 Å². The maximum atomic E-state index is 6.15. The second kappa shape index (κ2) is 4.87. The third-order valence-electron chi connectivity index (χ3n) is 5.17. The van der Waals surface area contributed by atoms with Gasteiger partial charge in [0.05, 0.1) is 0 Å². The standard InChI is InChI=1S/C14H29N3/c1-5-14(10-15,12-6-7-12)17-8-11(2)13(9-17)16(3)4/h11-13H,5-10,15H2,1-4H3. The average molecular weight is 239 g/mol. The van der Waals surface area contributed by atoms with E-state index in [1.54, 1.807) is 0 Å². The number of likely N-dealkylation sites (N-methyl/N-ethyl adjacent to an activating group) is 1. The van der Waals surface area contributed by atoms with Crippen molar-refractivity contribution < 1.29 is 0 Å². The molecule has 1 heterocycles. The molecule has 1 saturated heterocycles. The molecule has 0 aromatic rings. The molecule has 0 aromatic carbocycles. The Hall–Kier alpha value is -0.120. The Labute approximate surface area is 106 Å². The summed E-state index contributed by atoms with van der Waals surface area (Å²) in [5.74, 6) is 1.63. The molecule has 2 N–H and O–H groups in total. The minimum Gasteiger partial charge on any atom is -0.329 e. The van der Waals surface area contributed by atoms with E-state index in [0.29, 0.717) is 11.6 Å². The van der Waals surface area contributed by atoms with Crippen molar-refractivity contribution in [1.82, 2.24) is 9.80 Å². The van der Waals surface area contributed by atoms with Gasteiger partial charge in [0.15, 0.2) is 0 Å². The van der Waals surface area contributed by atoms with Gasteiger partial charge in [-0.1, -0.05) is 13.8 Å². The topological polar surface area (TPSA) is 32.5 Å². The molecular weight excluding hydrogens is 210 g/mol. The number of likely N-dealkylation sites (tertiary alicyclic amines) is 1. The van der Waals surface area contributed by atoms with Crippen molar-refractivity contribution in [2.24, 2.45) is 17.6 Å². The summed E-state index contributed by atoms with van der Waals surface area (Å²) in [6.07, 6.45) is 3.99. The van der Waals surface area contributed by atoms with Crippen molar-refractivity contribution in [3.63, 3.8) is 0 Å². The van der Waals surface area contributed by atoms with Gasteiger partial charge in [0.25, 0.3) is 0 Å². The molecule has 3 nitrogen and oxygen atoms in total. The lowest BCUT2D eigenvalue weighted by Crippen LogP contribution is -2.55. The number of nitrogens with two attached hydrogens (primary N) is 1. The molecule has 0 bridgehead atoms. The first-order chi connectivity index (χ1) is 8.05. The molecule has 3 atom stereocenters. The zero-order valence-corrected chi connectivity index (χ0v) is 11.9. The van der Waals surface area contributed by atoms with E-state index in [0.717, 1.165) is 18.4 Å². The normalized spacial score (nSPS) is 34.2. The van der Waals surface area contributed by atoms with Gasteiger partial charge in [0.2, 0.25) is 0 Å². The lowest BCUT2D eigenvalue weighted by atomic mass is 9.88. The number of hydrogen-bond donors (Lipinski definition) is 1. The van der Waals surface area contributed by atoms with Crippen LogP contribution in [0.5, 0.6) is 0 Å². The summed E-state index contributed by atoms with van der Waals surface area (Å²) < 4.78 is 0. The van der Waals surface area contributed by atoms with Crippen LogP contribution in [0.2, 0.25) is 0 Å². The molecule has 1 aliphatic heterocycles. The largest absolute Gasteiger partial charge is 0.329 e. The molecule has 0 amide bonds. The van der Waals surface area contributed by atoms with Crippen LogP contribution in [0, 0.1) is 11.8 Å². The van der Waals surface area contributed by atoms with Gasteiger partial charge >= 0.3 is 0 Å². The quantitative estimate of drug-likeness (QED) is 0.787. The average Bonchev–Trinajstić information content (AvgIpc) is 3.05. The molecule has 3 unspecified atom stereocenters. The molecule has 1 saturated carbocycles. The van der Waals surface area contributed by atoms with Gasteiger partial charge in [-0.2, -0.15) is 0 Å². The van der Waals surface area contributed by atoms with Crippen LogP contribution in [0.4, 0.5) is 0 Å². The van der Waals surface area contributed by atoms with Crippen molar-refractivity contribution in [3.05, 3.63) is 0 Å². The van der Waals surface area contributed by atoms with Crippen LogP contribution < -0.4 is 5.73 Å². The van der Waals surface area contributed by atoms with Crippen molar-refractivity contribution in [1.29, 1.82) is 0 Å². The van der Waals surface area contributed by atoms with Gasteiger partial charge in [0.1, 0.15) is 0 Å². The summed E-state index contributed by atoms with van der Waals surface area (Å²) in [4.78, 5) is 5.09. The molecule has 0 spiro atoms. The fourth-order valence-corrected chi connectivity index (χ4v) is 3.82. The summed E-state index contributed by atoms with van der Waals surface area (Å²) in [5, 5.41) is 0. The zero-order valence-electron chi connectivity index (χ0n) is 11.9. The minimum atomic E-state index is 0.305. The first kappa shape index (κ1) is 13.3. The summed E-state index contributed by atoms with van der Waals surface area (Å²) >= 11 is 0. The van der Waals surface area contributed by atoms with Gasteiger partial charge in [0, 0.05) is 31.2 Å². The fraction of sp³-hybridized carbons (Fsp3) is 1.00. The third-order valence-corrected chi connectivity index (χ3v) is 5.17. The highest BCUT2D eigenvalue weighted by Gasteiger charge is 2.50. The Morgan fingerprint density at radius 1 is 1.29 bits per heavy atom. The molecule has 100 valence electrons. The van der Waals surface area contributed by atoms with E-state index in [1.165, 1.54) is 32.4 Å². The Bertz CT molecular complexity index is 256. The van der Waals surface area contributed by atoms with E-state index in [4.69, 9.17) is 5.73 Å². The predicted octanol–water partition coefficient (Wildman–Crippen LogP) is 1.39. The second-order valence-electron chi connectivity index (χ2n) is 6.35. The van der Waals surface area contributed by atoms with Crippen LogP contribution in [-0.2, 0) is 0 Å². The molecule has 2 fully saturated rings. The van der Waals surface area contributed by atoms with Crippen LogP contribution >= 0.6 is 0 Å². The van der Waals surface area contributed by atoms with Crippen LogP contribution in [0.1, 0.15) is 33.1 Å². The van der Waals surface area contributed by atoms with Crippen LogP contribution in [0.3, 0.4) is 0 Å². The maximum absolute atomic E-state index is 6.15. The van der Waals surface area contributed by atoms with Crippen LogP contribution in [0.15, 0.2) is 0 Å². The van der Waals surface area contributed by atoms with E-state index in [9.17, 15) is 0 Å². The highest BCUT2D eigenvalue weighted by Crippen LogP contribution is 2.46. The SMILES string of the molecule is CCC(CN)(C1CC1)N1CC(C)C(N(C)C)C1. The zero-order chi connectivity index (χ0) is 12.6. The molecule has 0 aromatic heterocycles. The number of nitrogens with zero attached hydrogens (tertiary/aromatic N) is 2. The molecule has 2 rings (SSSR count). The van der Waals surface area contributed by atoms with Gasteiger partial charge in [-0.05, 0) is 45.2 Å². The highest BCUT2D eigenvalue weighted by molar-refractivity contribution is 5.06.